The van der Waals surface area contributed by atoms with Crippen molar-refractivity contribution in [3.8, 4) is 0 Å². The Balaban J connectivity index is 3.85. The SMILES string of the molecule is CCN(CCO)C(=O)NC(C)C. The van der Waals surface area contributed by atoms with E-state index in [1.54, 1.807) is 4.90 Å². The number of urea groups is 1. The third-order valence-electron chi connectivity index (χ3n) is 1.45. The molecule has 4 heteroatoms. The Labute approximate surface area is 73.6 Å². The van der Waals surface area contributed by atoms with Gasteiger partial charge < -0.3 is 15.3 Å². The highest BCUT2D eigenvalue weighted by atomic mass is 16.3. The number of rotatable bonds is 4. The Hall–Kier alpha value is -0.770. The van der Waals surface area contributed by atoms with Gasteiger partial charge in [0.05, 0.1) is 6.61 Å². The molecule has 0 saturated carbocycles. The molecule has 0 aromatic rings. The molecule has 4 nitrogen and oxygen atoms in total. The van der Waals surface area contributed by atoms with E-state index < -0.39 is 0 Å². The lowest BCUT2D eigenvalue weighted by Gasteiger charge is -2.21. The molecule has 0 unspecified atom stereocenters. The zero-order valence-electron chi connectivity index (χ0n) is 8.00. The summed E-state index contributed by atoms with van der Waals surface area (Å²) < 4.78 is 0. The Morgan fingerprint density at radius 1 is 1.58 bits per heavy atom. The van der Waals surface area contributed by atoms with Crippen molar-refractivity contribution < 1.29 is 9.90 Å². The topological polar surface area (TPSA) is 52.6 Å². The van der Waals surface area contributed by atoms with Crippen LogP contribution in [0.1, 0.15) is 20.8 Å². The number of carbonyl (C=O) groups excluding carboxylic acids is 1. The Morgan fingerprint density at radius 2 is 2.17 bits per heavy atom. The molecule has 0 heterocycles. The molecule has 0 rings (SSSR count). The molecule has 0 spiro atoms. The second kappa shape index (κ2) is 5.83. The molecule has 2 N–H and O–H groups in total. The predicted octanol–water partition coefficient (Wildman–Crippen LogP) is 0.419. The summed E-state index contributed by atoms with van der Waals surface area (Å²) in [6.07, 6.45) is 0. The molecule has 0 atom stereocenters. The summed E-state index contributed by atoms with van der Waals surface area (Å²) >= 11 is 0. The highest BCUT2D eigenvalue weighted by molar-refractivity contribution is 5.74. The minimum Gasteiger partial charge on any atom is -0.395 e. The number of nitrogens with one attached hydrogen (secondary N) is 1. The monoisotopic (exact) mass is 174 g/mol. The molecule has 0 aliphatic heterocycles. The van der Waals surface area contributed by atoms with Crippen LogP contribution >= 0.6 is 0 Å². The lowest BCUT2D eigenvalue weighted by molar-refractivity contribution is 0.178. The number of likely N-dealkylation sites (N-methyl/N-ethyl adjacent to an activating group) is 1. The minimum absolute atomic E-state index is 0.0132. The van der Waals surface area contributed by atoms with E-state index in [1.807, 2.05) is 20.8 Å². The van der Waals surface area contributed by atoms with Crippen molar-refractivity contribution in [3.05, 3.63) is 0 Å². The van der Waals surface area contributed by atoms with Gasteiger partial charge in [-0.05, 0) is 20.8 Å². The maximum atomic E-state index is 11.3. The largest absolute Gasteiger partial charge is 0.395 e. The van der Waals surface area contributed by atoms with Crippen LogP contribution in [0.2, 0.25) is 0 Å². The molecule has 0 aromatic heterocycles. The van der Waals surface area contributed by atoms with E-state index in [2.05, 4.69) is 5.32 Å². The Kier molecular flexibility index (Phi) is 5.45. The van der Waals surface area contributed by atoms with Gasteiger partial charge in [0.1, 0.15) is 0 Å². The van der Waals surface area contributed by atoms with Crippen LogP contribution in [-0.2, 0) is 0 Å². The summed E-state index contributed by atoms with van der Waals surface area (Å²) in [7, 11) is 0. The lowest BCUT2D eigenvalue weighted by atomic mass is 10.4. The summed E-state index contributed by atoms with van der Waals surface area (Å²) in [5.41, 5.74) is 0. The van der Waals surface area contributed by atoms with Crippen LogP contribution in [-0.4, -0.2) is 41.8 Å². The zero-order chi connectivity index (χ0) is 9.56. The fraction of sp³-hybridized carbons (Fsp3) is 0.875. The van der Waals surface area contributed by atoms with Crippen molar-refractivity contribution in [2.45, 2.75) is 26.8 Å². The normalized spacial score (nSPS) is 10.1. The van der Waals surface area contributed by atoms with Crippen LogP contribution in [0.15, 0.2) is 0 Å². The van der Waals surface area contributed by atoms with Crippen molar-refractivity contribution in [2.75, 3.05) is 19.7 Å². The van der Waals surface area contributed by atoms with E-state index in [-0.39, 0.29) is 18.7 Å². The molecule has 0 radical (unpaired) electrons. The number of hydrogen-bond acceptors (Lipinski definition) is 2. The van der Waals surface area contributed by atoms with Gasteiger partial charge in [-0.3, -0.25) is 0 Å². The number of aliphatic hydroxyl groups excluding tert-OH is 1. The predicted molar refractivity (Wildman–Crippen MR) is 48.0 cm³/mol. The summed E-state index contributed by atoms with van der Waals surface area (Å²) in [5.74, 6) is 0. The van der Waals surface area contributed by atoms with Crippen LogP contribution in [0.25, 0.3) is 0 Å². The molecule has 0 aliphatic rings. The van der Waals surface area contributed by atoms with E-state index in [0.29, 0.717) is 13.1 Å². The lowest BCUT2D eigenvalue weighted by Crippen LogP contribution is -2.44. The van der Waals surface area contributed by atoms with Gasteiger partial charge >= 0.3 is 6.03 Å². The molecule has 2 amide bonds. The molecule has 72 valence electrons. The third kappa shape index (κ3) is 4.18. The zero-order valence-corrected chi connectivity index (χ0v) is 8.00. The maximum absolute atomic E-state index is 11.3. The Morgan fingerprint density at radius 3 is 2.50 bits per heavy atom. The standard InChI is InChI=1S/C8H18N2O2/c1-4-10(5-6-11)8(12)9-7(2)3/h7,11H,4-6H2,1-3H3,(H,9,12). The summed E-state index contributed by atoms with van der Waals surface area (Å²) in [6.45, 7) is 6.73. The van der Waals surface area contributed by atoms with Crippen LogP contribution in [0.5, 0.6) is 0 Å². The minimum atomic E-state index is -0.110. The quantitative estimate of drug-likeness (QED) is 0.649. The highest BCUT2D eigenvalue weighted by Gasteiger charge is 2.10. The average Bonchev–Trinajstić information content (AvgIpc) is 1.98. The molecule has 0 bridgehead atoms. The van der Waals surface area contributed by atoms with Crippen molar-refractivity contribution in [3.63, 3.8) is 0 Å². The molecular formula is C8H18N2O2. The highest BCUT2D eigenvalue weighted by Crippen LogP contribution is 1.89. The summed E-state index contributed by atoms with van der Waals surface area (Å²) in [5, 5.41) is 11.4. The van der Waals surface area contributed by atoms with Gasteiger partial charge in [0.2, 0.25) is 0 Å². The van der Waals surface area contributed by atoms with Crippen molar-refractivity contribution >= 4 is 6.03 Å². The number of hydrogen-bond donors (Lipinski definition) is 2. The molecule has 0 saturated heterocycles. The van der Waals surface area contributed by atoms with Crippen LogP contribution < -0.4 is 5.32 Å². The van der Waals surface area contributed by atoms with Gasteiger partial charge in [-0.25, -0.2) is 4.79 Å². The fourth-order valence-electron chi connectivity index (χ4n) is 0.862. The smallest absolute Gasteiger partial charge is 0.317 e. The van der Waals surface area contributed by atoms with Crippen molar-refractivity contribution in [1.29, 1.82) is 0 Å². The third-order valence-corrected chi connectivity index (χ3v) is 1.45. The summed E-state index contributed by atoms with van der Waals surface area (Å²) in [6, 6.07) is 0.0341. The first-order chi connectivity index (χ1) is 5.61. The second-order valence-electron chi connectivity index (χ2n) is 2.91. The van der Waals surface area contributed by atoms with Crippen LogP contribution in [0.4, 0.5) is 4.79 Å². The Bertz CT molecular complexity index is 137. The fourth-order valence-corrected chi connectivity index (χ4v) is 0.862. The van der Waals surface area contributed by atoms with Gasteiger partial charge in [0, 0.05) is 19.1 Å². The van der Waals surface area contributed by atoms with E-state index in [0.717, 1.165) is 0 Å². The van der Waals surface area contributed by atoms with Crippen molar-refractivity contribution in [2.24, 2.45) is 0 Å². The summed E-state index contributed by atoms with van der Waals surface area (Å²) in [4.78, 5) is 12.8. The first-order valence-corrected chi connectivity index (χ1v) is 4.28. The van der Waals surface area contributed by atoms with Gasteiger partial charge in [0.25, 0.3) is 0 Å². The first-order valence-electron chi connectivity index (χ1n) is 4.28. The van der Waals surface area contributed by atoms with E-state index in [1.165, 1.54) is 0 Å². The average molecular weight is 174 g/mol. The van der Waals surface area contributed by atoms with Gasteiger partial charge in [0.15, 0.2) is 0 Å². The number of aliphatic hydroxyl groups is 1. The number of carbonyl (C=O) groups is 1. The van der Waals surface area contributed by atoms with Gasteiger partial charge in [-0.1, -0.05) is 0 Å². The van der Waals surface area contributed by atoms with Crippen molar-refractivity contribution in [1.82, 2.24) is 10.2 Å². The van der Waals surface area contributed by atoms with Gasteiger partial charge in [-0.2, -0.15) is 0 Å². The first kappa shape index (κ1) is 11.2. The number of nitrogens with zero attached hydrogens (tertiary/aromatic N) is 1. The van der Waals surface area contributed by atoms with Crippen LogP contribution in [0, 0.1) is 0 Å². The number of amides is 2. The molecule has 0 aliphatic carbocycles. The molecule has 12 heavy (non-hydrogen) atoms. The molecular weight excluding hydrogens is 156 g/mol. The molecule has 0 aromatic carbocycles. The van der Waals surface area contributed by atoms with Crippen LogP contribution in [0.3, 0.4) is 0 Å². The second-order valence-corrected chi connectivity index (χ2v) is 2.91. The van der Waals surface area contributed by atoms with E-state index in [9.17, 15) is 4.79 Å². The van der Waals surface area contributed by atoms with Gasteiger partial charge in [-0.15, -0.1) is 0 Å². The van der Waals surface area contributed by atoms with E-state index in [4.69, 9.17) is 5.11 Å². The molecule has 0 fully saturated rings. The maximum Gasteiger partial charge on any atom is 0.317 e. The van der Waals surface area contributed by atoms with E-state index >= 15 is 0 Å².